The Labute approximate surface area is 178 Å². The molecule has 0 saturated carbocycles. The molecule has 5 nitrogen and oxygen atoms in total. The molecule has 0 N–H and O–H groups in total. The van der Waals surface area contributed by atoms with Gasteiger partial charge in [0.05, 0.1) is 16.5 Å². The van der Waals surface area contributed by atoms with E-state index in [0.29, 0.717) is 6.54 Å². The van der Waals surface area contributed by atoms with E-state index >= 15 is 0 Å². The van der Waals surface area contributed by atoms with Crippen LogP contribution in [0.2, 0.25) is 0 Å². The fourth-order valence-electron chi connectivity index (χ4n) is 3.23. The van der Waals surface area contributed by atoms with E-state index in [-0.39, 0.29) is 5.91 Å². The number of imidazole rings is 1. The topological polar surface area (TPSA) is 51.0 Å². The van der Waals surface area contributed by atoms with E-state index in [4.69, 9.17) is 4.98 Å². The number of benzene rings is 1. The van der Waals surface area contributed by atoms with Gasteiger partial charge in [-0.3, -0.25) is 9.69 Å². The molecule has 0 saturated heterocycles. The third kappa shape index (κ3) is 4.63. The van der Waals surface area contributed by atoms with E-state index in [1.54, 1.807) is 46.2 Å². The molecule has 4 rings (SSSR count). The van der Waals surface area contributed by atoms with E-state index in [0.717, 1.165) is 38.8 Å². The largest absolute Gasteiger partial charge is 0.337 e. The molecule has 3 aromatic heterocycles. The smallest absolute Gasteiger partial charge is 0.252 e. The number of carbonyl (C=O) groups excluding carboxylic acids is 1. The fraction of sp³-hybridized carbons (Fsp3) is 0.227. The Hall–Kier alpha value is -2.77. The zero-order valence-electron chi connectivity index (χ0n) is 16.4. The normalized spacial score (nSPS) is 11.5. The number of thiazole rings is 1. The molecule has 1 aromatic carbocycles. The maximum atomic E-state index is 13.1. The van der Waals surface area contributed by atoms with E-state index in [2.05, 4.69) is 31.0 Å². The molecule has 0 bridgehead atoms. The Kier molecular flexibility index (Phi) is 5.87. The summed E-state index contributed by atoms with van der Waals surface area (Å²) in [5, 5.41) is 2.76. The van der Waals surface area contributed by atoms with Crippen molar-refractivity contribution in [2.45, 2.75) is 26.8 Å². The molecule has 0 aliphatic carbocycles. The molecule has 4 aromatic rings. The molecule has 0 atom stereocenters. The van der Waals surface area contributed by atoms with Gasteiger partial charge < -0.3 is 4.57 Å². The number of hydrogen-bond acceptors (Lipinski definition) is 5. The number of aromatic nitrogens is 3. The monoisotopic (exact) mass is 422 g/mol. The van der Waals surface area contributed by atoms with Crippen LogP contribution in [-0.4, -0.2) is 27.0 Å². The van der Waals surface area contributed by atoms with Crippen molar-refractivity contribution < 1.29 is 4.79 Å². The molecule has 0 unspecified atom stereocenters. The molecular weight excluding hydrogens is 400 g/mol. The highest BCUT2D eigenvalue weighted by Gasteiger charge is 2.18. The molecule has 0 aliphatic rings. The standard InChI is InChI=1S/C22H22N4OS2/c1-16-13-17(2)21-19(14-16)29-22(24-21)26(10-4-9-25-11-8-23-15-25)20(27)7-6-18-5-3-12-28-18/h3,5-8,11-15H,4,9-10H2,1-2H3/b7-6+. The number of thiophene rings is 1. The second kappa shape index (κ2) is 8.71. The van der Waals surface area contributed by atoms with Crippen LogP contribution in [0.25, 0.3) is 16.3 Å². The number of carbonyl (C=O) groups is 1. The molecular formula is C22H22N4OS2. The van der Waals surface area contributed by atoms with E-state index in [1.165, 1.54) is 5.56 Å². The first-order valence-corrected chi connectivity index (χ1v) is 11.2. The van der Waals surface area contributed by atoms with Crippen LogP contribution in [0, 0.1) is 13.8 Å². The van der Waals surface area contributed by atoms with Crippen molar-refractivity contribution in [1.29, 1.82) is 0 Å². The van der Waals surface area contributed by atoms with Crippen LogP contribution in [0.15, 0.2) is 54.4 Å². The van der Waals surface area contributed by atoms with Crippen LogP contribution in [0.4, 0.5) is 5.13 Å². The van der Waals surface area contributed by atoms with Crippen molar-refractivity contribution in [3.63, 3.8) is 0 Å². The first-order valence-electron chi connectivity index (χ1n) is 9.47. The molecule has 0 fully saturated rings. The third-order valence-electron chi connectivity index (χ3n) is 4.61. The van der Waals surface area contributed by atoms with E-state index in [1.807, 2.05) is 34.4 Å². The number of fused-ring (bicyclic) bond motifs is 1. The molecule has 1 amide bonds. The Balaban J connectivity index is 1.59. The van der Waals surface area contributed by atoms with Gasteiger partial charge in [-0.2, -0.15) is 0 Å². The van der Waals surface area contributed by atoms with Gasteiger partial charge in [0, 0.05) is 36.4 Å². The SMILES string of the molecule is Cc1cc(C)c2nc(N(CCCn3ccnc3)C(=O)/C=C/c3cccs3)sc2c1. The Bertz CT molecular complexity index is 1130. The lowest BCUT2D eigenvalue weighted by Crippen LogP contribution is -2.30. The summed E-state index contributed by atoms with van der Waals surface area (Å²) in [6, 6.07) is 8.25. The molecule has 0 spiro atoms. The molecule has 0 aliphatic heterocycles. The Morgan fingerprint density at radius 2 is 2.21 bits per heavy atom. The first-order chi connectivity index (χ1) is 14.1. The summed E-state index contributed by atoms with van der Waals surface area (Å²) in [6.07, 6.45) is 9.85. The fourth-order valence-corrected chi connectivity index (χ4v) is 5.03. The van der Waals surface area contributed by atoms with Crippen LogP contribution in [-0.2, 0) is 11.3 Å². The summed E-state index contributed by atoms with van der Waals surface area (Å²) in [6.45, 7) is 5.56. The predicted molar refractivity (Wildman–Crippen MR) is 122 cm³/mol. The van der Waals surface area contributed by atoms with Gasteiger partial charge in [-0.1, -0.05) is 23.5 Å². The first kappa shape index (κ1) is 19.5. The lowest BCUT2D eigenvalue weighted by atomic mass is 10.1. The minimum absolute atomic E-state index is 0.0440. The van der Waals surface area contributed by atoms with Crippen molar-refractivity contribution in [1.82, 2.24) is 14.5 Å². The summed E-state index contributed by atoms with van der Waals surface area (Å²) in [7, 11) is 0. The van der Waals surface area contributed by atoms with Gasteiger partial charge in [-0.05, 0) is 55.0 Å². The molecule has 7 heteroatoms. The minimum atomic E-state index is -0.0440. The van der Waals surface area contributed by atoms with Crippen molar-refractivity contribution in [2.75, 3.05) is 11.4 Å². The van der Waals surface area contributed by atoms with Gasteiger partial charge in [0.1, 0.15) is 0 Å². The van der Waals surface area contributed by atoms with Crippen molar-refractivity contribution in [2.24, 2.45) is 0 Å². The van der Waals surface area contributed by atoms with Crippen LogP contribution < -0.4 is 4.90 Å². The maximum absolute atomic E-state index is 13.1. The van der Waals surface area contributed by atoms with Crippen molar-refractivity contribution in [3.05, 3.63) is 70.4 Å². The highest BCUT2D eigenvalue weighted by Crippen LogP contribution is 2.32. The third-order valence-corrected chi connectivity index (χ3v) is 6.47. The lowest BCUT2D eigenvalue weighted by molar-refractivity contribution is -0.114. The number of anilines is 1. The molecule has 148 valence electrons. The zero-order chi connectivity index (χ0) is 20.2. The average Bonchev–Trinajstić information content (AvgIpc) is 3.44. The maximum Gasteiger partial charge on any atom is 0.252 e. The quantitative estimate of drug-likeness (QED) is 0.379. The number of nitrogens with zero attached hydrogens (tertiary/aromatic N) is 4. The van der Waals surface area contributed by atoms with Gasteiger partial charge in [-0.15, -0.1) is 11.3 Å². The molecule has 0 radical (unpaired) electrons. The number of aryl methyl sites for hydroxylation is 3. The second-order valence-electron chi connectivity index (χ2n) is 6.92. The van der Waals surface area contributed by atoms with Gasteiger partial charge in [-0.25, -0.2) is 9.97 Å². The lowest BCUT2D eigenvalue weighted by Gasteiger charge is -2.18. The second-order valence-corrected chi connectivity index (χ2v) is 8.91. The van der Waals surface area contributed by atoms with Crippen LogP contribution >= 0.6 is 22.7 Å². The van der Waals surface area contributed by atoms with Gasteiger partial charge in [0.25, 0.3) is 5.91 Å². The molecule has 3 heterocycles. The van der Waals surface area contributed by atoms with E-state index in [9.17, 15) is 4.79 Å². The highest BCUT2D eigenvalue weighted by atomic mass is 32.1. The number of amides is 1. The summed E-state index contributed by atoms with van der Waals surface area (Å²) in [5.74, 6) is -0.0440. The predicted octanol–water partition coefficient (Wildman–Crippen LogP) is 5.31. The van der Waals surface area contributed by atoms with Gasteiger partial charge in [0.2, 0.25) is 0 Å². The number of rotatable bonds is 7. The summed E-state index contributed by atoms with van der Waals surface area (Å²) >= 11 is 3.19. The van der Waals surface area contributed by atoms with Gasteiger partial charge in [0.15, 0.2) is 5.13 Å². The zero-order valence-corrected chi connectivity index (χ0v) is 18.0. The summed E-state index contributed by atoms with van der Waals surface area (Å²) < 4.78 is 3.14. The van der Waals surface area contributed by atoms with Crippen molar-refractivity contribution in [3.8, 4) is 0 Å². The highest BCUT2D eigenvalue weighted by molar-refractivity contribution is 7.22. The Morgan fingerprint density at radius 1 is 1.31 bits per heavy atom. The number of hydrogen-bond donors (Lipinski definition) is 0. The summed E-state index contributed by atoms with van der Waals surface area (Å²) in [5.41, 5.74) is 3.33. The van der Waals surface area contributed by atoms with Gasteiger partial charge >= 0.3 is 0 Å². The Morgan fingerprint density at radius 3 is 2.97 bits per heavy atom. The van der Waals surface area contributed by atoms with E-state index < -0.39 is 0 Å². The molecule has 29 heavy (non-hydrogen) atoms. The van der Waals surface area contributed by atoms with Crippen LogP contribution in [0.1, 0.15) is 22.4 Å². The average molecular weight is 423 g/mol. The van der Waals surface area contributed by atoms with Crippen LogP contribution in [0.3, 0.4) is 0 Å². The van der Waals surface area contributed by atoms with Crippen LogP contribution in [0.5, 0.6) is 0 Å². The summed E-state index contributed by atoms with van der Waals surface area (Å²) in [4.78, 5) is 24.8. The minimum Gasteiger partial charge on any atom is -0.337 e. The van der Waals surface area contributed by atoms with Crippen molar-refractivity contribution >= 4 is 50.0 Å².